The summed E-state index contributed by atoms with van der Waals surface area (Å²) in [6.45, 7) is 3.65. The molecule has 1 aromatic heterocycles. The second-order valence-electron chi connectivity index (χ2n) is 5.71. The quantitative estimate of drug-likeness (QED) is 0.809. The van der Waals surface area contributed by atoms with Gasteiger partial charge >= 0.3 is 0 Å². The number of carbonyl (C=O) groups is 2. The molecule has 1 heterocycles. The number of benzene rings is 1. The van der Waals surface area contributed by atoms with E-state index in [0.717, 1.165) is 5.39 Å². The van der Waals surface area contributed by atoms with E-state index in [4.69, 9.17) is 27.6 Å². The molecule has 1 fully saturated rings. The average Bonchev–Trinajstić information content (AvgIpc) is 2.69. The fourth-order valence-electron chi connectivity index (χ4n) is 3.44. The van der Waals surface area contributed by atoms with Crippen LogP contribution in [0.25, 0.3) is 11.0 Å². The molecule has 1 aliphatic rings. The molecule has 1 aliphatic carbocycles. The molecule has 0 aliphatic heterocycles. The molecule has 0 spiro atoms. The maximum atomic E-state index is 12.1. The minimum Gasteiger partial charge on any atom is -0.464 e. The topological polar surface area (TPSA) is 47.3 Å². The fraction of sp³-hybridized carbons (Fsp3) is 0.333. The van der Waals surface area contributed by atoms with Gasteiger partial charge < -0.3 is 4.42 Å². The van der Waals surface area contributed by atoms with Crippen LogP contribution in [-0.4, -0.2) is 10.5 Å². The molecule has 1 aromatic carbocycles. The maximum absolute atomic E-state index is 12.1. The summed E-state index contributed by atoms with van der Waals surface area (Å²) in [4.78, 5) is 23.7. The molecule has 104 valence electrons. The van der Waals surface area contributed by atoms with Crippen molar-refractivity contribution in [2.24, 2.45) is 11.3 Å². The van der Waals surface area contributed by atoms with Crippen LogP contribution < -0.4 is 0 Å². The van der Waals surface area contributed by atoms with Crippen LogP contribution >= 0.6 is 23.2 Å². The van der Waals surface area contributed by atoms with Gasteiger partial charge in [-0.1, -0.05) is 26.0 Å². The predicted molar refractivity (Wildman–Crippen MR) is 76.9 cm³/mol. The molecule has 0 radical (unpaired) electrons. The summed E-state index contributed by atoms with van der Waals surface area (Å²) >= 11 is 11.5. The summed E-state index contributed by atoms with van der Waals surface area (Å²) in [5.41, 5.74) is -0.355. The summed E-state index contributed by atoms with van der Waals surface area (Å²) < 4.78 is 5.35. The lowest BCUT2D eigenvalue weighted by Gasteiger charge is -2.16. The number of halogens is 2. The standard InChI is InChI=1S/C15H12Cl2O3/c1-14(2)11(12(16)18)15(14,13(17)19)9-4-3-8-5-6-20-10(8)7-9/h3-7,11H,1-2H3. The van der Waals surface area contributed by atoms with Crippen molar-refractivity contribution in [3.05, 3.63) is 36.1 Å². The van der Waals surface area contributed by atoms with Gasteiger partial charge in [-0.05, 0) is 46.3 Å². The normalized spacial score (nSPS) is 27.5. The Bertz CT molecular complexity index is 732. The van der Waals surface area contributed by atoms with Gasteiger partial charge in [0, 0.05) is 5.39 Å². The summed E-state index contributed by atoms with van der Waals surface area (Å²) in [5, 5.41) is -0.172. The lowest BCUT2D eigenvalue weighted by Crippen LogP contribution is -2.23. The third kappa shape index (κ3) is 1.48. The number of carbonyl (C=O) groups excluding carboxylic acids is 2. The fourth-order valence-corrected chi connectivity index (χ4v) is 4.33. The number of hydrogen-bond donors (Lipinski definition) is 0. The summed E-state index contributed by atoms with van der Waals surface area (Å²) in [7, 11) is 0. The number of hydrogen-bond acceptors (Lipinski definition) is 3. The predicted octanol–water partition coefficient (Wildman–Crippen LogP) is 3.86. The first-order valence-corrected chi connectivity index (χ1v) is 6.96. The molecule has 2 aromatic rings. The molecule has 1 saturated carbocycles. The van der Waals surface area contributed by atoms with E-state index in [0.29, 0.717) is 11.1 Å². The van der Waals surface area contributed by atoms with Crippen LogP contribution in [0.3, 0.4) is 0 Å². The van der Waals surface area contributed by atoms with E-state index in [-0.39, 0.29) is 0 Å². The average molecular weight is 311 g/mol. The molecular weight excluding hydrogens is 299 g/mol. The van der Waals surface area contributed by atoms with Gasteiger partial charge in [-0.15, -0.1) is 0 Å². The van der Waals surface area contributed by atoms with E-state index in [1.165, 1.54) is 0 Å². The molecular formula is C15H12Cl2O3. The van der Waals surface area contributed by atoms with Crippen LogP contribution in [0.5, 0.6) is 0 Å². The SMILES string of the molecule is CC1(C)C(C(=O)Cl)C1(C(=O)Cl)c1ccc2ccoc2c1. The van der Waals surface area contributed by atoms with Gasteiger partial charge in [0.1, 0.15) is 5.58 Å². The third-order valence-corrected chi connectivity index (χ3v) is 5.05. The third-order valence-electron chi connectivity index (χ3n) is 4.54. The zero-order valence-electron chi connectivity index (χ0n) is 10.9. The Morgan fingerprint density at radius 1 is 1.20 bits per heavy atom. The van der Waals surface area contributed by atoms with Gasteiger partial charge in [0.2, 0.25) is 10.5 Å². The Morgan fingerprint density at radius 2 is 1.90 bits per heavy atom. The van der Waals surface area contributed by atoms with Crippen LogP contribution in [-0.2, 0) is 15.0 Å². The molecule has 0 N–H and O–H groups in total. The van der Waals surface area contributed by atoms with E-state index in [2.05, 4.69) is 0 Å². The lowest BCUT2D eigenvalue weighted by atomic mass is 9.88. The van der Waals surface area contributed by atoms with Crippen LogP contribution in [0.1, 0.15) is 19.4 Å². The van der Waals surface area contributed by atoms with Gasteiger partial charge in [0.05, 0.1) is 17.6 Å². The molecule has 20 heavy (non-hydrogen) atoms. The van der Waals surface area contributed by atoms with Gasteiger partial charge in [0.25, 0.3) is 0 Å². The van der Waals surface area contributed by atoms with Crippen molar-refractivity contribution < 1.29 is 14.0 Å². The molecule has 3 rings (SSSR count). The second kappa shape index (κ2) is 4.09. The Kier molecular flexibility index (Phi) is 2.79. The van der Waals surface area contributed by atoms with Crippen LogP contribution in [0.2, 0.25) is 0 Å². The number of fused-ring (bicyclic) bond motifs is 1. The van der Waals surface area contributed by atoms with Gasteiger partial charge in [0.15, 0.2) is 0 Å². The second-order valence-corrected chi connectivity index (χ2v) is 6.43. The zero-order valence-corrected chi connectivity index (χ0v) is 12.5. The smallest absolute Gasteiger partial charge is 0.233 e. The minimum atomic E-state index is -1.08. The first-order chi connectivity index (χ1) is 9.33. The van der Waals surface area contributed by atoms with Crippen molar-refractivity contribution >= 4 is 44.7 Å². The summed E-state index contributed by atoms with van der Waals surface area (Å²) in [6.07, 6.45) is 1.58. The van der Waals surface area contributed by atoms with Crippen LogP contribution in [0, 0.1) is 11.3 Å². The van der Waals surface area contributed by atoms with Gasteiger partial charge in [-0.2, -0.15) is 0 Å². The molecule has 5 heteroatoms. The Labute approximate surface area is 125 Å². The van der Waals surface area contributed by atoms with Gasteiger partial charge in [-0.25, -0.2) is 0 Å². The van der Waals surface area contributed by atoms with Crippen molar-refractivity contribution in [2.45, 2.75) is 19.3 Å². The molecule has 0 bridgehead atoms. The Balaban J connectivity index is 2.22. The molecule has 0 saturated heterocycles. The van der Waals surface area contributed by atoms with Gasteiger partial charge in [-0.3, -0.25) is 9.59 Å². The highest BCUT2D eigenvalue weighted by molar-refractivity contribution is 6.69. The van der Waals surface area contributed by atoms with Crippen LogP contribution in [0.15, 0.2) is 34.9 Å². The van der Waals surface area contributed by atoms with Crippen molar-refractivity contribution in [1.82, 2.24) is 0 Å². The van der Waals surface area contributed by atoms with Crippen molar-refractivity contribution in [1.29, 1.82) is 0 Å². The van der Waals surface area contributed by atoms with Crippen molar-refractivity contribution in [3.8, 4) is 0 Å². The first-order valence-electron chi connectivity index (χ1n) is 6.20. The van der Waals surface area contributed by atoms with Crippen molar-refractivity contribution in [2.75, 3.05) is 0 Å². The number of rotatable bonds is 3. The van der Waals surface area contributed by atoms with Crippen LogP contribution in [0.4, 0.5) is 0 Å². The molecule has 2 atom stereocenters. The molecule has 2 unspecified atom stereocenters. The minimum absolute atomic E-state index is 0.538. The van der Waals surface area contributed by atoms with E-state index in [1.54, 1.807) is 18.4 Å². The Hall–Kier alpha value is -1.32. The van der Waals surface area contributed by atoms with E-state index < -0.39 is 27.2 Å². The molecule has 3 nitrogen and oxygen atoms in total. The largest absolute Gasteiger partial charge is 0.464 e. The zero-order chi connectivity index (χ0) is 14.7. The Morgan fingerprint density at radius 3 is 2.45 bits per heavy atom. The highest BCUT2D eigenvalue weighted by atomic mass is 35.5. The monoisotopic (exact) mass is 310 g/mol. The summed E-state index contributed by atoms with van der Waals surface area (Å²) in [6, 6.07) is 7.24. The van der Waals surface area contributed by atoms with E-state index in [1.807, 2.05) is 26.0 Å². The maximum Gasteiger partial charge on any atom is 0.233 e. The summed E-state index contributed by atoms with van der Waals surface area (Å²) in [5.74, 6) is -0.617. The lowest BCUT2D eigenvalue weighted by molar-refractivity contribution is -0.118. The molecule has 0 amide bonds. The van der Waals surface area contributed by atoms with E-state index in [9.17, 15) is 9.59 Å². The highest BCUT2D eigenvalue weighted by Crippen LogP contribution is 2.71. The highest BCUT2D eigenvalue weighted by Gasteiger charge is 2.78. The van der Waals surface area contributed by atoms with Crippen molar-refractivity contribution in [3.63, 3.8) is 0 Å². The first kappa shape index (κ1) is 13.7. The number of furan rings is 1. The van der Waals surface area contributed by atoms with E-state index >= 15 is 0 Å².